The van der Waals surface area contributed by atoms with Gasteiger partial charge in [-0.15, -0.1) is 0 Å². The molecule has 114 valence electrons. The van der Waals surface area contributed by atoms with Crippen molar-refractivity contribution in [1.29, 1.82) is 0 Å². The van der Waals surface area contributed by atoms with Gasteiger partial charge in [-0.2, -0.15) is 0 Å². The van der Waals surface area contributed by atoms with E-state index in [4.69, 9.17) is 0 Å². The zero-order valence-corrected chi connectivity index (χ0v) is 13.6. The SMILES string of the molecule is CCCn1ccnc1CC(NCC)c1ncc(C)cc1C. The van der Waals surface area contributed by atoms with Crippen LogP contribution in [-0.4, -0.2) is 21.1 Å². The van der Waals surface area contributed by atoms with Gasteiger partial charge in [0.1, 0.15) is 5.82 Å². The Balaban J connectivity index is 2.24. The molecule has 0 saturated heterocycles. The lowest BCUT2D eigenvalue weighted by atomic mass is 10.0. The van der Waals surface area contributed by atoms with Gasteiger partial charge in [-0.25, -0.2) is 4.98 Å². The van der Waals surface area contributed by atoms with Gasteiger partial charge >= 0.3 is 0 Å². The third kappa shape index (κ3) is 3.91. The van der Waals surface area contributed by atoms with Gasteiger partial charge in [-0.3, -0.25) is 4.98 Å². The number of aromatic nitrogens is 3. The highest BCUT2D eigenvalue weighted by Gasteiger charge is 2.17. The molecule has 0 saturated carbocycles. The molecule has 1 unspecified atom stereocenters. The van der Waals surface area contributed by atoms with Crippen molar-refractivity contribution in [2.45, 2.75) is 53.1 Å². The molecule has 0 radical (unpaired) electrons. The van der Waals surface area contributed by atoms with E-state index < -0.39 is 0 Å². The molecule has 4 nitrogen and oxygen atoms in total. The maximum Gasteiger partial charge on any atom is 0.110 e. The number of hydrogen-bond acceptors (Lipinski definition) is 3. The molecule has 0 aliphatic heterocycles. The highest BCUT2D eigenvalue weighted by molar-refractivity contribution is 5.26. The summed E-state index contributed by atoms with van der Waals surface area (Å²) in [5.41, 5.74) is 3.59. The zero-order valence-electron chi connectivity index (χ0n) is 13.6. The monoisotopic (exact) mass is 286 g/mol. The van der Waals surface area contributed by atoms with Gasteiger partial charge in [-0.05, 0) is 37.9 Å². The van der Waals surface area contributed by atoms with Crippen LogP contribution in [0.2, 0.25) is 0 Å². The number of pyridine rings is 1. The molecule has 2 heterocycles. The molecule has 1 atom stereocenters. The van der Waals surface area contributed by atoms with Crippen LogP contribution in [0.3, 0.4) is 0 Å². The Hall–Kier alpha value is -1.68. The lowest BCUT2D eigenvalue weighted by Crippen LogP contribution is -2.26. The Morgan fingerprint density at radius 1 is 1.24 bits per heavy atom. The predicted octanol–water partition coefficient (Wildman–Crippen LogP) is 3.20. The molecule has 0 spiro atoms. The van der Waals surface area contributed by atoms with Gasteiger partial charge in [0, 0.05) is 31.6 Å². The molecule has 0 aliphatic carbocycles. The summed E-state index contributed by atoms with van der Waals surface area (Å²) < 4.78 is 2.24. The second-order valence-corrected chi connectivity index (χ2v) is 5.57. The van der Waals surface area contributed by atoms with E-state index in [-0.39, 0.29) is 6.04 Å². The van der Waals surface area contributed by atoms with E-state index in [1.165, 1.54) is 11.1 Å². The van der Waals surface area contributed by atoms with Crippen molar-refractivity contribution in [1.82, 2.24) is 19.9 Å². The van der Waals surface area contributed by atoms with Crippen molar-refractivity contribution >= 4 is 0 Å². The average molecular weight is 286 g/mol. The van der Waals surface area contributed by atoms with Crippen LogP contribution in [0.1, 0.15) is 49.0 Å². The van der Waals surface area contributed by atoms with Gasteiger partial charge < -0.3 is 9.88 Å². The molecular formula is C17H26N4. The third-order valence-corrected chi connectivity index (χ3v) is 3.69. The molecular weight excluding hydrogens is 260 g/mol. The number of likely N-dealkylation sites (N-methyl/N-ethyl adjacent to an activating group) is 1. The number of aryl methyl sites for hydroxylation is 3. The van der Waals surface area contributed by atoms with Crippen LogP contribution in [0.5, 0.6) is 0 Å². The van der Waals surface area contributed by atoms with Crippen LogP contribution < -0.4 is 5.32 Å². The van der Waals surface area contributed by atoms with E-state index in [2.05, 4.69) is 59.8 Å². The number of hydrogen-bond donors (Lipinski definition) is 1. The third-order valence-electron chi connectivity index (χ3n) is 3.69. The predicted molar refractivity (Wildman–Crippen MR) is 86.4 cm³/mol. The van der Waals surface area contributed by atoms with Crippen LogP contribution in [0.15, 0.2) is 24.7 Å². The van der Waals surface area contributed by atoms with E-state index in [1.54, 1.807) is 0 Å². The fourth-order valence-electron chi connectivity index (χ4n) is 2.76. The van der Waals surface area contributed by atoms with Gasteiger partial charge in [0.2, 0.25) is 0 Å². The molecule has 2 aromatic rings. The maximum absolute atomic E-state index is 4.65. The first-order valence-corrected chi connectivity index (χ1v) is 7.82. The Morgan fingerprint density at radius 2 is 2.05 bits per heavy atom. The number of nitrogens with zero attached hydrogens (tertiary/aromatic N) is 3. The Morgan fingerprint density at radius 3 is 2.71 bits per heavy atom. The van der Waals surface area contributed by atoms with Gasteiger partial charge in [0.25, 0.3) is 0 Å². The molecule has 21 heavy (non-hydrogen) atoms. The number of rotatable bonds is 7. The first-order valence-electron chi connectivity index (χ1n) is 7.82. The van der Waals surface area contributed by atoms with Crippen molar-refractivity contribution in [3.05, 3.63) is 47.3 Å². The topological polar surface area (TPSA) is 42.7 Å². The summed E-state index contributed by atoms with van der Waals surface area (Å²) in [7, 11) is 0. The van der Waals surface area contributed by atoms with Gasteiger partial charge in [-0.1, -0.05) is 19.9 Å². The summed E-state index contributed by atoms with van der Waals surface area (Å²) in [4.78, 5) is 9.18. The summed E-state index contributed by atoms with van der Waals surface area (Å²) in [5.74, 6) is 1.13. The van der Waals surface area contributed by atoms with E-state index >= 15 is 0 Å². The molecule has 0 aromatic carbocycles. The van der Waals surface area contributed by atoms with Crippen LogP contribution in [0.4, 0.5) is 0 Å². The molecule has 2 rings (SSSR count). The van der Waals surface area contributed by atoms with E-state index in [0.29, 0.717) is 0 Å². The normalized spacial score (nSPS) is 12.6. The second-order valence-electron chi connectivity index (χ2n) is 5.57. The maximum atomic E-state index is 4.65. The summed E-state index contributed by atoms with van der Waals surface area (Å²) in [6.45, 7) is 10.5. The van der Waals surface area contributed by atoms with Crippen molar-refractivity contribution in [3.63, 3.8) is 0 Å². The first-order chi connectivity index (χ1) is 10.2. The van der Waals surface area contributed by atoms with Crippen LogP contribution >= 0.6 is 0 Å². The largest absolute Gasteiger partial charge is 0.335 e. The summed E-state index contributed by atoms with van der Waals surface area (Å²) >= 11 is 0. The highest BCUT2D eigenvalue weighted by Crippen LogP contribution is 2.20. The van der Waals surface area contributed by atoms with Crippen molar-refractivity contribution < 1.29 is 0 Å². The Kier molecular flexibility index (Phi) is 5.51. The Bertz CT molecular complexity index is 574. The number of nitrogens with one attached hydrogen (secondary N) is 1. The molecule has 0 bridgehead atoms. The zero-order chi connectivity index (χ0) is 15.2. The molecule has 0 aliphatic rings. The molecule has 2 aromatic heterocycles. The van der Waals surface area contributed by atoms with Crippen molar-refractivity contribution in [3.8, 4) is 0 Å². The van der Waals surface area contributed by atoms with Crippen LogP contribution in [0, 0.1) is 13.8 Å². The van der Waals surface area contributed by atoms with Gasteiger partial charge in [0.05, 0.1) is 11.7 Å². The van der Waals surface area contributed by atoms with Crippen LogP contribution in [0.25, 0.3) is 0 Å². The second kappa shape index (κ2) is 7.36. The number of imidazole rings is 1. The van der Waals surface area contributed by atoms with E-state index in [0.717, 1.165) is 37.4 Å². The molecule has 4 heteroatoms. The minimum atomic E-state index is 0.216. The average Bonchev–Trinajstić information content (AvgIpc) is 2.86. The quantitative estimate of drug-likeness (QED) is 0.850. The lowest BCUT2D eigenvalue weighted by Gasteiger charge is -2.20. The lowest BCUT2D eigenvalue weighted by molar-refractivity contribution is 0.504. The van der Waals surface area contributed by atoms with E-state index in [1.807, 2.05) is 12.4 Å². The highest BCUT2D eigenvalue weighted by atomic mass is 15.1. The van der Waals surface area contributed by atoms with Crippen molar-refractivity contribution in [2.24, 2.45) is 0 Å². The summed E-state index contributed by atoms with van der Waals surface area (Å²) in [5, 5.41) is 3.55. The van der Waals surface area contributed by atoms with E-state index in [9.17, 15) is 0 Å². The molecule has 0 amide bonds. The van der Waals surface area contributed by atoms with Gasteiger partial charge in [0.15, 0.2) is 0 Å². The smallest absolute Gasteiger partial charge is 0.110 e. The minimum absolute atomic E-state index is 0.216. The summed E-state index contributed by atoms with van der Waals surface area (Å²) in [6, 6.07) is 2.42. The first kappa shape index (κ1) is 15.7. The van der Waals surface area contributed by atoms with Crippen LogP contribution in [-0.2, 0) is 13.0 Å². The van der Waals surface area contributed by atoms with Crippen molar-refractivity contribution in [2.75, 3.05) is 6.54 Å². The summed E-state index contributed by atoms with van der Waals surface area (Å²) in [6.07, 6.45) is 7.90. The Labute approximate surface area is 127 Å². The molecule has 0 fully saturated rings. The minimum Gasteiger partial charge on any atom is -0.335 e. The standard InChI is InChI=1S/C17H26N4/c1-5-8-21-9-7-19-16(21)11-15(18-6-2)17-14(4)10-13(3)12-20-17/h7,9-10,12,15,18H,5-6,8,11H2,1-4H3. The fourth-order valence-corrected chi connectivity index (χ4v) is 2.76. The fraction of sp³-hybridized carbons (Fsp3) is 0.529. The molecule has 1 N–H and O–H groups in total.